The van der Waals surface area contributed by atoms with Gasteiger partial charge in [0.05, 0.1) is 26.7 Å². The summed E-state index contributed by atoms with van der Waals surface area (Å²) in [4.78, 5) is 20.9. The number of hydrogen-bond donors (Lipinski definition) is 0. The molecule has 0 spiro atoms. The Hall–Kier alpha value is -3.17. The molecule has 154 valence electrons. The monoisotopic (exact) mass is 426 g/mol. The molecular formula is C23H20ClFN2O3. The van der Waals surface area contributed by atoms with E-state index in [0.29, 0.717) is 29.1 Å². The van der Waals surface area contributed by atoms with Crippen LogP contribution in [0.3, 0.4) is 0 Å². The van der Waals surface area contributed by atoms with Crippen LogP contribution in [0.25, 0.3) is 4.85 Å². The van der Waals surface area contributed by atoms with E-state index in [1.807, 2.05) is 24.3 Å². The fourth-order valence-corrected chi connectivity index (χ4v) is 3.92. The number of aliphatic imine (C=N–C) groups is 1. The van der Waals surface area contributed by atoms with Crippen LogP contribution < -0.4 is 4.74 Å². The lowest BCUT2D eigenvalue weighted by Crippen LogP contribution is -2.33. The van der Waals surface area contributed by atoms with Crippen LogP contribution in [0.2, 0.25) is 5.02 Å². The van der Waals surface area contributed by atoms with E-state index in [1.54, 1.807) is 14.0 Å². The van der Waals surface area contributed by atoms with E-state index in [0.717, 1.165) is 11.3 Å². The van der Waals surface area contributed by atoms with Gasteiger partial charge in [0.25, 0.3) is 0 Å². The van der Waals surface area contributed by atoms with Gasteiger partial charge in [0, 0.05) is 28.8 Å². The maximum absolute atomic E-state index is 13.6. The fraction of sp³-hybridized carbons (Fsp3) is 0.261. The molecule has 0 bridgehead atoms. The predicted molar refractivity (Wildman–Crippen MR) is 113 cm³/mol. The molecule has 0 amide bonds. The Balaban J connectivity index is 2.13. The zero-order valence-electron chi connectivity index (χ0n) is 16.8. The first-order chi connectivity index (χ1) is 14.4. The van der Waals surface area contributed by atoms with E-state index in [1.165, 1.54) is 25.3 Å². The molecule has 2 unspecified atom stereocenters. The van der Waals surface area contributed by atoms with Gasteiger partial charge >= 0.3 is 5.97 Å². The lowest BCUT2D eigenvalue weighted by molar-refractivity contribution is -0.143. The summed E-state index contributed by atoms with van der Waals surface area (Å²) in [5.41, 5.74) is 2.77. The number of methoxy groups -OCH3 is 2. The van der Waals surface area contributed by atoms with Crippen molar-refractivity contribution in [1.82, 2.24) is 0 Å². The molecule has 7 heteroatoms. The van der Waals surface area contributed by atoms with Crippen LogP contribution in [0.4, 0.5) is 4.39 Å². The number of carbonyl (C=O) groups excluding carboxylic acids is 1. The lowest BCUT2D eigenvalue weighted by atomic mass is 9.78. The summed E-state index contributed by atoms with van der Waals surface area (Å²) >= 11 is 6.32. The summed E-state index contributed by atoms with van der Waals surface area (Å²) < 4.78 is 23.8. The number of ether oxygens (including phenoxy) is 2. The molecule has 1 heterocycles. The molecule has 0 fully saturated rings. The summed E-state index contributed by atoms with van der Waals surface area (Å²) in [6, 6.07) is 11.4. The molecule has 0 aromatic heterocycles. The van der Waals surface area contributed by atoms with Gasteiger partial charge in [0.15, 0.2) is 5.70 Å². The minimum absolute atomic E-state index is 0.147. The molecular weight excluding hydrogens is 407 g/mol. The first kappa shape index (κ1) is 21.5. The van der Waals surface area contributed by atoms with Crippen molar-refractivity contribution >= 4 is 23.3 Å². The SMILES string of the molecule is [C-]#[N+]C1=C(Cc2ccc(OC)cc2)N=C(C)C(C(=O)OC)C1c1ccc(F)cc1Cl. The smallest absolute Gasteiger partial charge is 0.314 e. The number of rotatable bonds is 5. The van der Waals surface area contributed by atoms with Crippen molar-refractivity contribution in [2.24, 2.45) is 10.9 Å². The van der Waals surface area contributed by atoms with Crippen LogP contribution in [-0.4, -0.2) is 25.9 Å². The molecule has 0 saturated heterocycles. The zero-order chi connectivity index (χ0) is 21.8. The van der Waals surface area contributed by atoms with E-state index in [2.05, 4.69) is 9.84 Å². The number of hydrogen-bond acceptors (Lipinski definition) is 4. The van der Waals surface area contributed by atoms with Crippen molar-refractivity contribution < 1.29 is 18.7 Å². The van der Waals surface area contributed by atoms with Gasteiger partial charge in [-0.2, -0.15) is 0 Å². The van der Waals surface area contributed by atoms with E-state index < -0.39 is 23.6 Å². The van der Waals surface area contributed by atoms with Gasteiger partial charge in [-0.25, -0.2) is 9.24 Å². The lowest BCUT2D eigenvalue weighted by Gasteiger charge is -2.30. The molecule has 2 atom stereocenters. The Morgan fingerprint density at radius 2 is 1.93 bits per heavy atom. The van der Waals surface area contributed by atoms with Gasteiger partial charge in [-0.3, -0.25) is 9.79 Å². The minimum atomic E-state index is -0.818. The second kappa shape index (κ2) is 9.10. The Morgan fingerprint density at radius 3 is 2.50 bits per heavy atom. The van der Waals surface area contributed by atoms with Crippen LogP contribution in [0.15, 0.2) is 58.9 Å². The highest BCUT2D eigenvalue weighted by atomic mass is 35.5. The van der Waals surface area contributed by atoms with Gasteiger partial charge in [0.2, 0.25) is 0 Å². The second-order valence-corrected chi connectivity index (χ2v) is 7.27. The van der Waals surface area contributed by atoms with Crippen molar-refractivity contribution in [3.05, 3.63) is 87.2 Å². The van der Waals surface area contributed by atoms with Crippen molar-refractivity contribution in [2.45, 2.75) is 19.3 Å². The average molecular weight is 427 g/mol. The largest absolute Gasteiger partial charge is 0.497 e. The number of benzene rings is 2. The third kappa shape index (κ3) is 4.22. The molecule has 1 aliphatic heterocycles. The highest BCUT2D eigenvalue weighted by Gasteiger charge is 2.41. The van der Waals surface area contributed by atoms with Crippen molar-refractivity contribution in [3.8, 4) is 5.75 Å². The van der Waals surface area contributed by atoms with Gasteiger partial charge in [-0.1, -0.05) is 29.8 Å². The number of esters is 1. The highest BCUT2D eigenvalue weighted by Crippen LogP contribution is 2.43. The molecule has 2 aromatic rings. The van der Waals surface area contributed by atoms with E-state index in [9.17, 15) is 9.18 Å². The summed E-state index contributed by atoms with van der Waals surface area (Å²) in [5, 5.41) is 0.147. The Bertz CT molecular complexity index is 1070. The third-order valence-electron chi connectivity index (χ3n) is 5.09. The molecule has 2 aromatic carbocycles. The topological polar surface area (TPSA) is 52.2 Å². The van der Waals surface area contributed by atoms with Crippen LogP contribution in [0.1, 0.15) is 24.0 Å². The fourth-order valence-electron chi connectivity index (χ4n) is 3.63. The predicted octanol–water partition coefficient (Wildman–Crippen LogP) is 5.21. The first-order valence-electron chi connectivity index (χ1n) is 9.21. The van der Waals surface area contributed by atoms with Crippen molar-refractivity contribution in [1.29, 1.82) is 0 Å². The summed E-state index contributed by atoms with van der Waals surface area (Å²) in [5.74, 6) is -1.82. The molecule has 30 heavy (non-hydrogen) atoms. The van der Waals surface area contributed by atoms with E-state index >= 15 is 0 Å². The summed E-state index contributed by atoms with van der Waals surface area (Å²) in [7, 11) is 2.88. The molecule has 1 aliphatic rings. The second-order valence-electron chi connectivity index (χ2n) is 6.87. The average Bonchev–Trinajstić information content (AvgIpc) is 2.73. The van der Waals surface area contributed by atoms with Gasteiger partial charge in [-0.05, 0) is 42.3 Å². The zero-order valence-corrected chi connectivity index (χ0v) is 17.5. The van der Waals surface area contributed by atoms with Crippen LogP contribution in [-0.2, 0) is 16.0 Å². The summed E-state index contributed by atoms with van der Waals surface area (Å²) in [6.07, 6.45) is 0.391. The number of allylic oxidation sites excluding steroid dienone is 2. The molecule has 3 rings (SSSR count). The molecule has 0 radical (unpaired) electrons. The van der Waals surface area contributed by atoms with Crippen LogP contribution in [0, 0.1) is 18.3 Å². The highest BCUT2D eigenvalue weighted by molar-refractivity contribution is 6.31. The number of nitrogens with zero attached hydrogens (tertiary/aromatic N) is 2. The molecule has 0 aliphatic carbocycles. The van der Waals surface area contributed by atoms with Crippen LogP contribution in [0.5, 0.6) is 5.75 Å². The third-order valence-corrected chi connectivity index (χ3v) is 5.42. The Morgan fingerprint density at radius 1 is 1.23 bits per heavy atom. The standard InChI is InChI=1S/C23H20ClFN2O3/c1-13-20(23(28)30-4)21(17-10-7-15(25)12-18(17)24)22(26-2)19(27-13)11-14-5-8-16(29-3)9-6-14/h5-10,12,20-21H,11H2,1,3-4H3. The molecule has 0 N–H and O–H groups in total. The normalized spacial score (nSPS) is 18.5. The van der Waals surface area contributed by atoms with E-state index in [-0.39, 0.29) is 5.02 Å². The number of carbonyl (C=O) groups is 1. The Kier molecular flexibility index (Phi) is 6.53. The van der Waals surface area contributed by atoms with E-state index in [4.69, 9.17) is 27.6 Å². The quantitative estimate of drug-likeness (QED) is 0.487. The molecule has 5 nitrogen and oxygen atoms in total. The Labute approximate surface area is 179 Å². The first-order valence-corrected chi connectivity index (χ1v) is 9.58. The van der Waals surface area contributed by atoms with Gasteiger partial charge in [-0.15, -0.1) is 0 Å². The van der Waals surface area contributed by atoms with Crippen molar-refractivity contribution in [3.63, 3.8) is 0 Å². The van der Waals surface area contributed by atoms with Gasteiger partial charge < -0.3 is 9.47 Å². The molecule has 0 saturated carbocycles. The number of halogens is 2. The summed E-state index contributed by atoms with van der Waals surface area (Å²) in [6.45, 7) is 9.54. The minimum Gasteiger partial charge on any atom is -0.497 e. The van der Waals surface area contributed by atoms with Crippen molar-refractivity contribution in [2.75, 3.05) is 14.2 Å². The maximum atomic E-state index is 13.6. The van der Waals surface area contributed by atoms with Crippen LogP contribution >= 0.6 is 11.6 Å². The maximum Gasteiger partial charge on any atom is 0.314 e. The van der Waals surface area contributed by atoms with Gasteiger partial charge in [0.1, 0.15) is 11.6 Å².